The molecule has 0 fully saturated rings. The van der Waals surface area contributed by atoms with Crippen LogP contribution in [0.5, 0.6) is 0 Å². The second kappa shape index (κ2) is 9.51. The van der Waals surface area contributed by atoms with Crippen LogP contribution in [0.4, 0.5) is 10.1 Å². The number of anilines is 1. The van der Waals surface area contributed by atoms with Gasteiger partial charge in [0.05, 0.1) is 34.5 Å². The van der Waals surface area contributed by atoms with Crippen molar-refractivity contribution in [2.75, 3.05) is 5.32 Å². The van der Waals surface area contributed by atoms with E-state index < -0.39 is 0 Å². The van der Waals surface area contributed by atoms with Crippen molar-refractivity contribution in [3.05, 3.63) is 79.0 Å². The van der Waals surface area contributed by atoms with E-state index in [9.17, 15) is 9.18 Å². The molecule has 0 bridgehead atoms. The molecular formula is C29H24FN7O. The van der Waals surface area contributed by atoms with Crippen LogP contribution in [0.25, 0.3) is 55.8 Å². The predicted molar refractivity (Wildman–Crippen MR) is 146 cm³/mol. The highest BCUT2D eigenvalue weighted by Gasteiger charge is 2.16. The molecule has 188 valence electrons. The lowest BCUT2D eigenvalue weighted by Gasteiger charge is -2.08. The Hall–Kier alpha value is -4.92. The summed E-state index contributed by atoms with van der Waals surface area (Å²) in [6.07, 6.45) is 5.47. The second-order valence-electron chi connectivity index (χ2n) is 9.59. The summed E-state index contributed by atoms with van der Waals surface area (Å²) in [5, 5.41) is 11.3. The molecule has 0 aliphatic heterocycles. The van der Waals surface area contributed by atoms with E-state index in [1.165, 1.54) is 12.1 Å². The Kier molecular flexibility index (Phi) is 5.88. The lowest BCUT2D eigenvalue weighted by molar-refractivity contribution is -0.116. The number of rotatable bonds is 6. The van der Waals surface area contributed by atoms with Crippen LogP contribution in [-0.4, -0.2) is 36.0 Å². The van der Waals surface area contributed by atoms with Crippen molar-refractivity contribution in [1.29, 1.82) is 0 Å². The van der Waals surface area contributed by atoms with Crippen molar-refractivity contribution < 1.29 is 9.18 Å². The van der Waals surface area contributed by atoms with Crippen LogP contribution in [0.2, 0.25) is 0 Å². The number of pyridine rings is 3. The van der Waals surface area contributed by atoms with Crippen LogP contribution < -0.4 is 5.32 Å². The zero-order valence-electron chi connectivity index (χ0n) is 20.8. The molecular weight excluding hydrogens is 481 g/mol. The third kappa shape index (κ3) is 4.50. The topological polar surface area (TPSA) is 112 Å². The quantitative estimate of drug-likeness (QED) is 0.244. The minimum atomic E-state index is -0.315. The number of nitrogens with one attached hydrogen (secondary N) is 3. The van der Waals surface area contributed by atoms with Gasteiger partial charge in [0.15, 0.2) is 0 Å². The van der Waals surface area contributed by atoms with Gasteiger partial charge in [0, 0.05) is 40.8 Å². The van der Waals surface area contributed by atoms with Crippen LogP contribution in [-0.2, 0) is 4.79 Å². The van der Waals surface area contributed by atoms with E-state index in [4.69, 9.17) is 4.98 Å². The number of carbonyl (C=O) groups is 1. The zero-order chi connectivity index (χ0) is 26.2. The van der Waals surface area contributed by atoms with E-state index in [-0.39, 0.29) is 17.6 Å². The van der Waals surface area contributed by atoms with Gasteiger partial charge in [-0.3, -0.25) is 19.9 Å². The van der Waals surface area contributed by atoms with Crippen LogP contribution in [0, 0.1) is 11.7 Å². The number of hydrogen-bond acceptors (Lipinski definition) is 5. The number of halogens is 1. The molecule has 0 unspecified atom stereocenters. The smallest absolute Gasteiger partial charge is 0.224 e. The van der Waals surface area contributed by atoms with Gasteiger partial charge in [-0.15, -0.1) is 0 Å². The summed E-state index contributed by atoms with van der Waals surface area (Å²) in [4.78, 5) is 29.3. The molecule has 8 nitrogen and oxygen atoms in total. The Balaban J connectivity index is 1.38. The molecule has 0 radical (unpaired) electrons. The number of aromatic amines is 2. The summed E-state index contributed by atoms with van der Waals surface area (Å²) in [7, 11) is 0. The van der Waals surface area contributed by atoms with Gasteiger partial charge in [0.1, 0.15) is 17.0 Å². The van der Waals surface area contributed by atoms with Crippen molar-refractivity contribution in [1.82, 2.24) is 30.1 Å². The zero-order valence-corrected chi connectivity index (χ0v) is 20.8. The minimum Gasteiger partial charge on any atom is -0.353 e. The molecule has 0 spiro atoms. The molecule has 0 aliphatic rings. The average Bonchev–Trinajstić information content (AvgIpc) is 3.52. The highest BCUT2D eigenvalue weighted by atomic mass is 19.1. The van der Waals surface area contributed by atoms with Crippen molar-refractivity contribution in [3.8, 4) is 33.9 Å². The summed E-state index contributed by atoms with van der Waals surface area (Å²) >= 11 is 0. The van der Waals surface area contributed by atoms with Gasteiger partial charge in [-0.25, -0.2) is 9.37 Å². The summed E-state index contributed by atoms with van der Waals surface area (Å²) < 4.78 is 13.9. The van der Waals surface area contributed by atoms with Gasteiger partial charge in [-0.05, 0) is 48.4 Å². The van der Waals surface area contributed by atoms with E-state index >= 15 is 0 Å². The number of H-pyrrole nitrogens is 2. The maximum Gasteiger partial charge on any atom is 0.224 e. The maximum atomic E-state index is 13.9. The number of hydrogen-bond donors (Lipinski definition) is 3. The normalized spacial score (nSPS) is 11.5. The molecule has 5 heterocycles. The largest absolute Gasteiger partial charge is 0.353 e. The lowest BCUT2D eigenvalue weighted by atomic mass is 10.1. The number of benzene rings is 1. The first kappa shape index (κ1) is 23.5. The van der Waals surface area contributed by atoms with E-state index in [0.29, 0.717) is 40.3 Å². The number of fused-ring (bicyclic) bond motifs is 2. The molecule has 0 aliphatic carbocycles. The molecule has 1 amide bonds. The van der Waals surface area contributed by atoms with Crippen LogP contribution in [0.3, 0.4) is 0 Å². The Morgan fingerprint density at radius 3 is 2.74 bits per heavy atom. The van der Waals surface area contributed by atoms with Crippen molar-refractivity contribution >= 4 is 33.5 Å². The maximum absolute atomic E-state index is 13.9. The Labute approximate surface area is 217 Å². The number of nitrogens with zero attached hydrogens (tertiary/aromatic N) is 4. The van der Waals surface area contributed by atoms with E-state index in [2.05, 4.69) is 30.5 Å². The lowest BCUT2D eigenvalue weighted by Crippen LogP contribution is -2.13. The van der Waals surface area contributed by atoms with E-state index in [0.717, 1.165) is 27.7 Å². The van der Waals surface area contributed by atoms with Gasteiger partial charge in [-0.1, -0.05) is 26.0 Å². The fourth-order valence-corrected chi connectivity index (χ4v) is 4.53. The molecule has 9 heteroatoms. The first-order valence-corrected chi connectivity index (χ1v) is 12.3. The molecule has 1 aromatic carbocycles. The first-order chi connectivity index (χ1) is 18.4. The molecule has 38 heavy (non-hydrogen) atoms. The Morgan fingerprint density at radius 2 is 1.89 bits per heavy atom. The summed E-state index contributed by atoms with van der Waals surface area (Å²) in [6.45, 7) is 4.00. The SMILES string of the molecule is CC(C)CC(=O)Nc1cncc(-c2ccc3[nH]nc(-c4cc5c(-c6cccc(F)c6)nccc5[nH]4)c3n2)c1. The van der Waals surface area contributed by atoms with Crippen LogP contribution in [0.15, 0.2) is 73.2 Å². The number of carbonyl (C=O) groups excluding carboxylic acids is 1. The Bertz CT molecular complexity index is 1800. The third-order valence-corrected chi connectivity index (χ3v) is 6.22. The predicted octanol–water partition coefficient (Wildman–Crippen LogP) is 6.35. The Morgan fingerprint density at radius 1 is 1.00 bits per heavy atom. The molecule has 0 saturated heterocycles. The molecule has 0 atom stereocenters. The number of aromatic nitrogens is 6. The molecule has 6 aromatic rings. The first-order valence-electron chi connectivity index (χ1n) is 12.3. The highest BCUT2D eigenvalue weighted by molar-refractivity contribution is 5.99. The van der Waals surface area contributed by atoms with Gasteiger partial charge in [0.25, 0.3) is 0 Å². The van der Waals surface area contributed by atoms with Crippen LogP contribution >= 0.6 is 0 Å². The fourth-order valence-electron chi connectivity index (χ4n) is 4.53. The van der Waals surface area contributed by atoms with E-state index in [1.807, 2.05) is 50.2 Å². The molecule has 0 saturated carbocycles. The van der Waals surface area contributed by atoms with Gasteiger partial charge in [0.2, 0.25) is 5.91 Å². The summed E-state index contributed by atoms with van der Waals surface area (Å²) in [5.74, 6) is -0.101. The summed E-state index contributed by atoms with van der Waals surface area (Å²) in [5.41, 5.74) is 7.20. The van der Waals surface area contributed by atoms with E-state index in [1.54, 1.807) is 24.7 Å². The summed E-state index contributed by atoms with van der Waals surface area (Å²) in [6, 6.07) is 15.9. The standard InChI is InChI=1S/C29H24FN7O/c1-16(2)10-26(38)33-20-12-18(14-31-15-20)22-6-7-24-28(35-22)29(37-36-24)25-13-21-23(34-25)8-9-32-27(21)17-4-3-5-19(30)11-17/h3-9,11-16,34H,10H2,1-2H3,(H,33,38)(H,36,37). The molecule has 6 rings (SSSR count). The molecule has 5 aromatic heterocycles. The van der Waals surface area contributed by atoms with Gasteiger partial charge >= 0.3 is 0 Å². The van der Waals surface area contributed by atoms with Gasteiger partial charge < -0.3 is 10.3 Å². The molecule has 3 N–H and O–H groups in total. The van der Waals surface area contributed by atoms with Crippen molar-refractivity contribution in [2.45, 2.75) is 20.3 Å². The van der Waals surface area contributed by atoms with Crippen molar-refractivity contribution in [3.63, 3.8) is 0 Å². The van der Waals surface area contributed by atoms with Crippen molar-refractivity contribution in [2.24, 2.45) is 5.92 Å². The third-order valence-electron chi connectivity index (χ3n) is 6.22. The number of amides is 1. The highest BCUT2D eigenvalue weighted by Crippen LogP contribution is 2.33. The second-order valence-corrected chi connectivity index (χ2v) is 9.59. The van der Waals surface area contributed by atoms with Gasteiger partial charge in [-0.2, -0.15) is 5.10 Å². The average molecular weight is 506 g/mol. The minimum absolute atomic E-state index is 0.0506. The monoisotopic (exact) mass is 505 g/mol. The fraction of sp³-hybridized carbons (Fsp3) is 0.138. The van der Waals surface area contributed by atoms with Crippen LogP contribution in [0.1, 0.15) is 20.3 Å².